The van der Waals surface area contributed by atoms with Crippen molar-refractivity contribution in [1.29, 1.82) is 0 Å². The lowest BCUT2D eigenvalue weighted by Crippen LogP contribution is -2.43. The number of hydrogen-bond acceptors (Lipinski definition) is 4. The molecule has 0 N–H and O–H groups in total. The van der Waals surface area contributed by atoms with Gasteiger partial charge < -0.3 is 17.8 Å². The molecule has 0 fully saturated rings. The van der Waals surface area contributed by atoms with Gasteiger partial charge in [-0.25, -0.2) is 0 Å². The molecule has 15 heavy (non-hydrogen) atoms. The lowest BCUT2D eigenvalue weighted by molar-refractivity contribution is 0.125. The summed E-state index contributed by atoms with van der Waals surface area (Å²) in [5.41, 5.74) is 0. The second kappa shape index (κ2) is 6.81. The van der Waals surface area contributed by atoms with Crippen LogP contribution in [0.25, 0.3) is 0 Å². The first-order valence-electron chi connectivity index (χ1n) is 5.24. The second-order valence-electron chi connectivity index (χ2n) is 3.46. The highest BCUT2D eigenvalue weighted by molar-refractivity contribution is 7.63. The first-order chi connectivity index (χ1) is 7.01. The van der Waals surface area contributed by atoms with Crippen LogP contribution in [0.4, 0.5) is 0 Å². The molecule has 6 heteroatoms. The zero-order valence-corrected chi connectivity index (χ0v) is 12.3. The second-order valence-corrected chi connectivity index (χ2v) is 10.4. The molecule has 0 aromatic rings. The van der Waals surface area contributed by atoms with Crippen molar-refractivity contribution in [3.63, 3.8) is 0 Å². The Hall–Kier alpha value is 0.327. The van der Waals surface area contributed by atoms with E-state index in [1.54, 1.807) is 21.3 Å². The normalized spacial score (nSPS) is 13.1. The van der Waals surface area contributed by atoms with Gasteiger partial charge in [-0.2, -0.15) is 0 Å². The molecule has 0 radical (unpaired) electrons. The molecule has 0 unspecified atom stereocenters. The van der Waals surface area contributed by atoms with Crippen LogP contribution in [0.1, 0.15) is 13.8 Å². The van der Waals surface area contributed by atoms with Crippen molar-refractivity contribution in [2.45, 2.75) is 19.9 Å². The van der Waals surface area contributed by atoms with E-state index in [-0.39, 0.29) is 0 Å². The van der Waals surface area contributed by atoms with E-state index in [1.807, 2.05) is 13.8 Å². The van der Waals surface area contributed by atoms with Crippen molar-refractivity contribution in [1.82, 2.24) is 0 Å². The van der Waals surface area contributed by atoms with Crippen LogP contribution in [-0.4, -0.2) is 48.6 Å². The van der Waals surface area contributed by atoms with Gasteiger partial charge in [0.15, 0.2) is 0 Å². The molecule has 0 amide bonds. The van der Waals surface area contributed by atoms with E-state index in [2.05, 4.69) is 0 Å². The highest BCUT2D eigenvalue weighted by Gasteiger charge is 2.39. The van der Waals surface area contributed by atoms with Crippen LogP contribution in [0.2, 0.25) is 6.04 Å². The van der Waals surface area contributed by atoms with Crippen LogP contribution in [-0.2, 0) is 17.8 Å². The molecule has 0 saturated carbocycles. The third kappa shape index (κ3) is 4.37. The van der Waals surface area contributed by atoms with E-state index in [1.165, 1.54) is 0 Å². The molecule has 0 heterocycles. The largest absolute Gasteiger partial charge is 0.500 e. The summed E-state index contributed by atoms with van der Waals surface area (Å²) < 4.78 is 28.1. The van der Waals surface area contributed by atoms with Crippen molar-refractivity contribution >= 4 is 15.9 Å². The minimum Gasteiger partial charge on any atom is -0.377 e. The smallest absolute Gasteiger partial charge is 0.377 e. The van der Waals surface area contributed by atoms with Crippen LogP contribution in [0.15, 0.2) is 0 Å². The highest BCUT2D eigenvalue weighted by Crippen LogP contribution is 2.46. The molecule has 0 aromatic heterocycles. The lowest BCUT2D eigenvalue weighted by atomic mass is 10.9. The lowest BCUT2D eigenvalue weighted by Gasteiger charge is -2.26. The summed E-state index contributed by atoms with van der Waals surface area (Å²) in [6.45, 7) is 3.94. The zero-order valence-electron chi connectivity index (χ0n) is 10.4. The molecule has 0 aliphatic rings. The van der Waals surface area contributed by atoms with Crippen LogP contribution < -0.4 is 0 Å². The summed E-state index contributed by atoms with van der Waals surface area (Å²) in [5.74, 6) is 0. The average molecular weight is 254 g/mol. The summed E-state index contributed by atoms with van der Waals surface area (Å²) in [7, 11) is 0.202. The standard InChI is InChI=1S/C9H23O4PSi/c1-6-14(10,7-2)8-9-15(11-3,12-4)13-5/h6-9H2,1-5H3. The predicted octanol–water partition coefficient (Wildman–Crippen LogP) is 2.27. The fourth-order valence-corrected chi connectivity index (χ4v) is 6.35. The summed E-state index contributed by atoms with van der Waals surface area (Å²) >= 11 is 0. The van der Waals surface area contributed by atoms with Crippen molar-refractivity contribution in [2.75, 3.05) is 39.8 Å². The quantitative estimate of drug-likeness (QED) is 0.492. The van der Waals surface area contributed by atoms with Gasteiger partial charge in [-0.3, -0.25) is 0 Å². The van der Waals surface area contributed by atoms with Crippen molar-refractivity contribution in [2.24, 2.45) is 0 Å². The van der Waals surface area contributed by atoms with Crippen molar-refractivity contribution in [3.05, 3.63) is 0 Å². The molecule has 0 bridgehead atoms. The Labute approximate surface area is 94.0 Å². The van der Waals surface area contributed by atoms with Crippen LogP contribution in [0.3, 0.4) is 0 Å². The topological polar surface area (TPSA) is 44.8 Å². The van der Waals surface area contributed by atoms with Gasteiger partial charge >= 0.3 is 8.80 Å². The summed E-state index contributed by atoms with van der Waals surface area (Å²) in [4.78, 5) is 0. The SMILES string of the molecule is CCP(=O)(CC)CC[Si](OC)(OC)OC. The van der Waals surface area contributed by atoms with Gasteiger partial charge in [-0.1, -0.05) is 13.8 Å². The molecular formula is C9H23O4PSi. The molecule has 4 nitrogen and oxygen atoms in total. The van der Waals surface area contributed by atoms with E-state index in [0.717, 1.165) is 12.3 Å². The fourth-order valence-electron chi connectivity index (χ4n) is 1.44. The van der Waals surface area contributed by atoms with Gasteiger partial charge in [-0.15, -0.1) is 0 Å². The Kier molecular flexibility index (Phi) is 6.96. The maximum absolute atomic E-state index is 12.2. The van der Waals surface area contributed by atoms with Gasteiger partial charge in [0.2, 0.25) is 0 Å². The number of rotatable bonds is 8. The fraction of sp³-hybridized carbons (Fsp3) is 1.00. The Morgan fingerprint density at radius 2 is 1.40 bits per heavy atom. The molecule has 0 rings (SSSR count). The first-order valence-corrected chi connectivity index (χ1v) is 9.43. The number of hydrogen-bond donors (Lipinski definition) is 0. The molecule has 0 aliphatic carbocycles. The van der Waals surface area contributed by atoms with Gasteiger partial charge in [0, 0.05) is 33.5 Å². The summed E-state index contributed by atoms with van der Waals surface area (Å²) in [6, 6.07) is 0.634. The van der Waals surface area contributed by atoms with Crippen LogP contribution in [0, 0.1) is 0 Å². The predicted molar refractivity (Wildman–Crippen MR) is 65.1 cm³/mol. The van der Waals surface area contributed by atoms with E-state index >= 15 is 0 Å². The van der Waals surface area contributed by atoms with Gasteiger partial charge in [-0.05, 0) is 12.3 Å². The molecule has 0 aromatic carbocycles. The molecule has 0 saturated heterocycles. The third-order valence-electron chi connectivity index (χ3n) is 2.91. The summed E-state index contributed by atoms with van der Waals surface area (Å²) in [6.07, 6.45) is 2.14. The Morgan fingerprint density at radius 1 is 1.00 bits per heavy atom. The highest BCUT2D eigenvalue weighted by atomic mass is 31.2. The van der Waals surface area contributed by atoms with E-state index in [0.29, 0.717) is 12.2 Å². The van der Waals surface area contributed by atoms with Crippen molar-refractivity contribution in [3.8, 4) is 0 Å². The van der Waals surface area contributed by atoms with Crippen LogP contribution >= 0.6 is 7.14 Å². The van der Waals surface area contributed by atoms with Gasteiger partial charge in [0.25, 0.3) is 0 Å². The van der Waals surface area contributed by atoms with Crippen LogP contribution in [0.5, 0.6) is 0 Å². The van der Waals surface area contributed by atoms with E-state index in [9.17, 15) is 4.57 Å². The van der Waals surface area contributed by atoms with E-state index in [4.69, 9.17) is 13.3 Å². The monoisotopic (exact) mass is 254 g/mol. The minimum atomic E-state index is -2.53. The first kappa shape index (κ1) is 15.3. The Bertz CT molecular complexity index is 202. The minimum absolute atomic E-state index is 0.634. The Morgan fingerprint density at radius 3 is 1.67 bits per heavy atom. The molecule has 0 aliphatic heterocycles. The van der Waals surface area contributed by atoms with Gasteiger partial charge in [0.1, 0.15) is 0 Å². The maximum Gasteiger partial charge on any atom is 0.500 e. The zero-order chi connectivity index (χ0) is 11.9. The van der Waals surface area contributed by atoms with Gasteiger partial charge in [0.05, 0.1) is 7.14 Å². The Balaban J connectivity index is 4.39. The molecular weight excluding hydrogens is 231 g/mol. The molecule has 0 atom stereocenters. The molecule has 0 spiro atoms. The molecule has 92 valence electrons. The average Bonchev–Trinajstić information content (AvgIpc) is 2.31. The maximum atomic E-state index is 12.2. The van der Waals surface area contributed by atoms with E-state index < -0.39 is 15.9 Å². The third-order valence-corrected chi connectivity index (χ3v) is 9.40. The van der Waals surface area contributed by atoms with Crippen molar-refractivity contribution < 1.29 is 17.8 Å². The summed E-state index contributed by atoms with van der Waals surface area (Å²) in [5, 5.41) is 0.